The Morgan fingerprint density at radius 1 is 1.17 bits per heavy atom. The van der Waals surface area contributed by atoms with E-state index in [1.165, 1.54) is 6.33 Å². The second kappa shape index (κ2) is 7.02. The van der Waals surface area contributed by atoms with Gasteiger partial charge >= 0.3 is 0 Å². The Labute approximate surface area is 135 Å². The molecule has 1 N–H and O–H groups in total. The van der Waals surface area contributed by atoms with Crippen LogP contribution in [-0.2, 0) is 18.4 Å². The van der Waals surface area contributed by atoms with Crippen molar-refractivity contribution in [3.63, 3.8) is 0 Å². The maximum Gasteiger partial charge on any atom is 0.135 e. The zero-order valence-electron chi connectivity index (χ0n) is 13.2. The Morgan fingerprint density at radius 2 is 2.00 bits per heavy atom. The summed E-state index contributed by atoms with van der Waals surface area (Å²) in [7, 11) is 3.63. The highest BCUT2D eigenvalue weighted by atomic mass is 16.5. The average molecular weight is 309 g/mol. The molecule has 0 aliphatic rings. The minimum atomic E-state index is -0.0958. The number of benzene rings is 1. The molecular formula is C17H19N5O. The summed E-state index contributed by atoms with van der Waals surface area (Å²) in [6.07, 6.45) is 5.27. The Morgan fingerprint density at radius 3 is 2.70 bits per heavy atom. The molecule has 118 valence electrons. The second-order valence-corrected chi connectivity index (χ2v) is 5.21. The smallest absolute Gasteiger partial charge is 0.135 e. The van der Waals surface area contributed by atoms with Gasteiger partial charge in [0, 0.05) is 32.6 Å². The Hall–Kier alpha value is -2.73. The minimum Gasteiger partial charge on any atom is -0.378 e. The number of imidazole rings is 1. The molecule has 0 spiro atoms. The van der Waals surface area contributed by atoms with E-state index in [4.69, 9.17) is 4.74 Å². The molecule has 0 radical (unpaired) electrons. The molecule has 0 amide bonds. The van der Waals surface area contributed by atoms with Gasteiger partial charge in [-0.3, -0.25) is 0 Å². The van der Waals surface area contributed by atoms with Gasteiger partial charge in [-0.05, 0) is 5.56 Å². The lowest BCUT2D eigenvalue weighted by atomic mass is 10.1. The SMILES string of the molecule is COCc1cc(N[C@@H](c2ccccc2)c2nccn2C)ncn1. The molecular weight excluding hydrogens is 290 g/mol. The van der Waals surface area contributed by atoms with E-state index in [1.807, 2.05) is 42.1 Å². The predicted octanol–water partition coefficient (Wildman–Crippen LogP) is 2.56. The van der Waals surface area contributed by atoms with Gasteiger partial charge in [0.25, 0.3) is 0 Å². The molecule has 0 saturated heterocycles. The molecule has 1 atom stereocenters. The highest BCUT2D eigenvalue weighted by Crippen LogP contribution is 2.24. The third-order valence-corrected chi connectivity index (χ3v) is 3.56. The van der Waals surface area contributed by atoms with Gasteiger partial charge in [0.2, 0.25) is 0 Å². The van der Waals surface area contributed by atoms with E-state index in [9.17, 15) is 0 Å². The molecule has 3 rings (SSSR count). The van der Waals surface area contributed by atoms with Gasteiger partial charge in [-0.25, -0.2) is 15.0 Å². The topological polar surface area (TPSA) is 64.9 Å². The molecule has 0 aliphatic heterocycles. The first kappa shape index (κ1) is 15.2. The fraction of sp³-hybridized carbons (Fsp3) is 0.235. The predicted molar refractivity (Wildman–Crippen MR) is 87.9 cm³/mol. The maximum atomic E-state index is 5.13. The van der Waals surface area contributed by atoms with Gasteiger partial charge in [0.1, 0.15) is 24.0 Å². The number of nitrogens with one attached hydrogen (secondary N) is 1. The van der Waals surface area contributed by atoms with Crippen molar-refractivity contribution in [2.45, 2.75) is 12.6 Å². The largest absolute Gasteiger partial charge is 0.378 e. The van der Waals surface area contributed by atoms with Crippen LogP contribution >= 0.6 is 0 Å². The summed E-state index contributed by atoms with van der Waals surface area (Å²) in [5.74, 6) is 1.66. The molecule has 6 heteroatoms. The molecule has 0 saturated carbocycles. The summed E-state index contributed by atoms with van der Waals surface area (Å²) in [6.45, 7) is 0.454. The molecule has 0 bridgehead atoms. The Bertz CT molecular complexity index is 756. The molecule has 2 heterocycles. The molecule has 23 heavy (non-hydrogen) atoms. The van der Waals surface area contributed by atoms with Crippen molar-refractivity contribution in [3.05, 3.63) is 72.2 Å². The van der Waals surface area contributed by atoms with Crippen LogP contribution in [0.2, 0.25) is 0 Å². The van der Waals surface area contributed by atoms with Crippen LogP contribution in [0.3, 0.4) is 0 Å². The van der Waals surface area contributed by atoms with Gasteiger partial charge < -0.3 is 14.6 Å². The molecule has 2 aromatic heterocycles. The van der Waals surface area contributed by atoms with E-state index < -0.39 is 0 Å². The zero-order valence-corrected chi connectivity index (χ0v) is 13.2. The Balaban J connectivity index is 1.94. The third-order valence-electron chi connectivity index (χ3n) is 3.56. The molecule has 0 unspecified atom stereocenters. The van der Waals surface area contributed by atoms with Gasteiger partial charge in [0.05, 0.1) is 12.3 Å². The second-order valence-electron chi connectivity index (χ2n) is 5.21. The highest BCUT2D eigenvalue weighted by Gasteiger charge is 2.18. The number of ether oxygens (including phenoxy) is 1. The average Bonchev–Trinajstić information content (AvgIpc) is 3.00. The van der Waals surface area contributed by atoms with Crippen molar-refractivity contribution in [3.8, 4) is 0 Å². The molecule has 0 aliphatic carbocycles. The monoisotopic (exact) mass is 309 g/mol. The van der Waals surface area contributed by atoms with Crippen LogP contribution in [0.1, 0.15) is 23.1 Å². The van der Waals surface area contributed by atoms with E-state index in [-0.39, 0.29) is 6.04 Å². The summed E-state index contributed by atoms with van der Waals surface area (Å²) in [4.78, 5) is 13.0. The molecule has 1 aromatic carbocycles. The number of hydrogen-bond donors (Lipinski definition) is 1. The third kappa shape index (κ3) is 3.54. The van der Waals surface area contributed by atoms with Gasteiger partial charge in [0.15, 0.2) is 0 Å². The van der Waals surface area contributed by atoms with Gasteiger partial charge in [-0.2, -0.15) is 0 Å². The van der Waals surface area contributed by atoms with Crippen molar-refractivity contribution in [1.29, 1.82) is 0 Å². The van der Waals surface area contributed by atoms with E-state index >= 15 is 0 Å². The summed E-state index contributed by atoms with van der Waals surface area (Å²) in [5.41, 5.74) is 1.95. The molecule has 6 nitrogen and oxygen atoms in total. The van der Waals surface area contributed by atoms with Crippen molar-refractivity contribution < 1.29 is 4.74 Å². The molecule has 3 aromatic rings. The van der Waals surface area contributed by atoms with E-state index in [0.29, 0.717) is 6.61 Å². The lowest BCUT2D eigenvalue weighted by molar-refractivity contribution is 0.181. The van der Waals surface area contributed by atoms with Crippen LogP contribution in [-0.4, -0.2) is 26.6 Å². The van der Waals surface area contributed by atoms with E-state index in [2.05, 4.69) is 32.4 Å². The van der Waals surface area contributed by atoms with Crippen LogP contribution in [0.15, 0.2) is 55.1 Å². The van der Waals surface area contributed by atoms with E-state index in [1.54, 1.807) is 13.3 Å². The standard InChI is InChI=1S/C17H19N5O/c1-22-9-8-18-17(22)16(13-6-4-3-5-7-13)21-15-10-14(11-23-2)19-12-20-15/h3-10,12,16H,11H2,1-2H3,(H,19,20,21)/t16-/m0/s1. The first-order valence-electron chi connectivity index (χ1n) is 7.36. The lowest BCUT2D eigenvalue weighted by Gasteiger charge is -2.19. The number of rotatable bonds is 6. The van der Waals surface area contributed by atoms with Crippen LogP contribution < -0.4 is 5.32 Å². The van der Waals surface area contributed by atoms with Crippen LogP contribution in [0.25, 0.3) is 0 Å². The first-order valence-corrected chi connectivity index (χ1v) is 7.36. The number of anilines is 1. The number of aryl methyl sites for hydroxylation is 1. The fourth-order valence-corrected chi connectivity index (χ4v) is 2.45. The van der Waals surface area contributed by atoms with E-state index in [0.717, 1.165) is 22.9 Å². The van der Waals surface area contributed by atoms with Gasteiger partial charge in [-0.1, -0.05) is 30.3 Å². The zero-order chi connectivity index (χ0) is 16.1. The number of aromatic nitrogens is 4. The molecule has 0 fully saturated rings. The minimum absolute atomic E-state index is 0.0958. The summed E-state index contributed by atoms with van der Waals surface area (Å²) >= 11 is 0. The van der Waals surface area contributed by atoms with Crippen LogP contribution in [0.4, 0.5) is 5.82 Å². The van der Waals surface area contributed by atoms with Crippen molar-refractivity contribution in [1.82, 2.24) is 19.5 Å². The summed E-state index contributed by atoms with van der Waals surface area (Å²) < 4.78 is 7.13. The normalized spacial score (nSPS) is 12.1. The summed E-state index contributed by atoms with van der Waals surface area (Å²) in [6, 6.07) is 12.0. The van der Waals surface area contributed by atoms with Crippen molar-refractivity contribution >= 4 is 5.82 Å². The summed E-state index contributed by atoms with van der Waals surface area (Å²) in [5, 5.41) is 3.45. The van der Waals surface area contributed by atoms with Crippen molar-refractivity contribution in [2.24, 2.45) is 7.05 Å². The van der Waals surface area contributed by atoms with Crippen molar-refractivity contribution in [2.75, 3.05) is 12.4 Å². The quantitative estimate of drug-likeness (QED) is 0.758. The Kier molecular flexibility index (Phi) is 4.63. The lowest BCUT2D eigenvalue weighted by Crippen LogP contribution is -2.17. The highest BCUT2D eigenvalue weighted by molar-refractivity contribution is 5.42. The fourth-order valence-electron chi connectivity index (χ4n) is 2.45. The van der Waals surface area contributed by atoms with Gasteiger partial charge in [-0.15, -0.1) is 0 Å². The number of nitrogens with zero attached hydrogens (tertiary/aromatic N) is 4. The van der Waals surface area contributed by atoms with Crippen LogP contribution in [0, 0.1) is 0 Å². The maximum absolute atomic E-state index is 5.13. The van der Waals surface area contributed by atoms with Crippen LogP contribution in [0.5, 0.6) is 0 Å². The number of hydrogen-bond acceptors (Lipinski definition) is 5. The number of methoxy groups -OCH3 is 1. The first-order chi connectivity index (χ1) is 11.3.